The van der Waals surface area contributed by atoms with Gasteiger partial charge in [-0.1, -0.05) is 0 Å². The van der Waals surface area contributed by atoms with Crippen LogP contribution in [0.25, 0.3) is 0 Å². The zero-order valence-electron chi connectivity index (χ0n) is 12.5. The number of nitrogens with one attached hydrogen (secondary N) is 2. The predicted molar refractivity (Wildman–Crippen MR) is 85.5 cm³/mol. The summed E-state index contributed by atoms with van der Waals surface area (Å²) in [6.45, 7) is 5.92. The molecule has 0 fully saturated rings. The third kappa shape index (κ3) is 3.62. The fourth-order valence-corrected chi connectivity index (χ4v) is 3.25. The fourth-order valence-electron chi connectivity index (χ4n) is 2.23. The van der Waals surface area contributed by atoms with Crippen LogP contribution in [0.3, 0.4) is 0 Å². The number of aryl methyl sites for hydroxylation is 2. The van der Waals surface area contributed by atoms with Gasteiger partial charge in [0.2, 0.25) is 0 Å². The molecule has 0 saturated heterocycles. The third-order valence-corrected chi connectivity index (χ3v) is 4.23. The Morgan fingerprint density at radius 1 is 1.36 bits per heavy atom. The van der Waals surface area contributed by atoms with Gasteiger partial charge in [0.1, 0.15) is 11.9 Å². The molecule has 0 bridgehead atoms. The lowest BCUT2D eigenvalue weighted by Crippen LogP contribution is -2.31. The molecule has 2 aromatic rings. The minimum Gasteiger partial charge on any atom is -0.331 e. The van der Waals surface area contributed by atoms with Gasteiger partial charge in [-0.15, -0.1) is 11.3 Å². The Kier molecular flexibility index (Phi) is 4.78. The van der Waals surface area contributed by atoms with Crippen molar-refractivity contribution in [2.24, 2.45) is 0 Å². The summed E-state index contributed by atoms with van der Waals surface area (Å²) >= 11 is 1.68. The third-order valence-electron chi connectivity index (χ3n) is 3.24. The van der Waals surface area contributed by atoms with E-state index in [0.29, 0.717) is 0 Å². The van der Waals surface area contributed by atoms with Crippen LogP contribution in [0.2, 0.25) is 0 Å². The molecule has 0 saturated carbocycles. The maximum Gasteiger partial charge on any atom is 0.319 e. The molecule has 1 unspecified atom stereocenters. The largest absolute Gasteiger partial charge is 0.331 e. The molecule has 2 amide bonds. The number of thiophene rings is 1. The molecule has 1 aromatic heterocycles. The van der Waals surface area contributed by atoms with Crippen molar-refractivity contribution < 1.29 is 9.18 Å². The van der Waals surface area contributed by atoms with Gasteiger partial charge in [-0.05, 0) is 50.6 Å². The quantitative estimate of drug-likeness (QED) is 0.888. The molecule has 0 aliphatic carbocycles. The average Bonchev–Trinajstić information content (AvgIpc) is 2.79. The maximum atomic E-state index is 13.1. The van der Waals surface area contributed by atoms with Crippen molar-refractivity contribution in [3.63, 3.8) is 0 Å². The van der Waals surface area contributed by atoms with Crippen molar-refractivity contribution in [2.45, 2.75) is 26.8 Å². The molecule has 22 heavy (non-hydrogen) atoms. The number of hydrogen-bond acceptors (Lipinski definition) is 3. The first-order valence-electron chi connectivity index (χ1n) is 6.75. The van der Waals surface area contributed by atoms with E-state index in [9.17, 15) is 9.18 Å². The zero-order chi connectivity index (χ0) is 16.3. The van der Waals surface area contributed by atoms with Gasteiger partial charge in [0.25, 0.3) is 0 Å². The van der Waals surface area contributed by atoms with Gasteiger partial charge in [-0.25, -0.2) is 9.18 Å². The van der Waals surface area contributed by atoms with Gasteiger partial charge >= 0.3 is 6.03 Å². The first kappa shape index (κ1) is 16.0. The monoisotopic (exact) mass is 317 g/mol. The first-order chi connectivity index (χ1) is 10.4. The van der Waals surface area contributed by atoms with E-state index >= 15 is 0 Å². The van der Waals surface area contributed by atoms with Crippen molar-refractivity contribution in [3.8, 4) is 6.07 Å². The second-order valence-corrected chi connectivity index (χ2v) is 6.45. The molecular formula is C16H16FN3OS. The van der Waals surface area contributed by atoms with Crippen molar-refractivity contribution in [1.29, 1.82) is 5.26 Å². The average molecular weight is 317 g/mol. The lowest BCUT2D eigenvalue weighted by atomic mass is 10.1. The van der Waals surface area contributed by atoms with E-state index in [4.69, 9.17) is 5.26 Å². The Hall–Kier alpha value is -2.39. The van der Waals surface area contributed by atoms with Crippen molar-refractivity contribution in [3.05, 3.63) is 51.0 Å². The number of amides is 2. The van der Waals surface area contributed by atoms with Crippen molar-refractivity contribution >= 4 is 23.1 Å². The van der Waals surface area contributed by atoms with Crippen LogP contribution < -0.4 is 10.6 Å². The number of anilines is 1. The summed E-state index contributed by atoms with van der Waals surface area (Å²) in [6.07, 6.45) is 0. The van der Waals surface area contributed by atoms with E-state index in [1.165, 1.54) is 17.0 Å². The number of hydrogen-bond donors (Lipinski definition) is 2. The predicted octanol–water partition coefficient (Wildman–Crippen LogP) is 4.26. The van der Waals surface area contributed by atoms with Crippen LogP contribution in [-0.2, 0) is 0 Å². The van der Waals surface area contributed by atoms with E-state index in [2.05, 4.69) is 10.6 Å². The number of carbonyl (C=O) groups is 1. The Balaban J connectivity index is 2.07. The lowest BCUT2D eigenvalue weighted by Gasteiger charge is -2.15. The van der Waals surface area contributed by atoms with Gasteiger partial charge < -0.3 is 10.6 Å². The van der Waals surface area contributed by atoms with Crippen molar-refractivity contribution in [2.75, 3.05) is 5.32 Å². The van der Waals surface area contributed by atoms with Crippen LogP contribution in [0.4, 0.5) is 14.9 Å². The normalized spacial score (nSPS) is 11.6. The van der Waals surface area contributed by atoms with E-state index in [-0.39, 0.29) is 17.3 Å². The number of rotatable bonds is 3. The number of nitrogens with zero attached hydrogens (tertiary/aromatic N) is 1. The van der Waals surface area contributed by atoms with Gasteiger partial charge in [-0.3, -0.25) is 0 Å². The minimum absolute atomic E-state index is 0.0883. The Labute approximate surface area is 132 Å². The van der Waals surface area contributed by atoms with Crippen molar-refractivity contribution in [1.82, 2.24) is 5.32 Å². The Bertz CT molecular complexity index is 748. The molecule has 0 spiro atoms. The summed E-state index contributed by atoms with van der Waals surface area (Å²) in [5.41, 5.74) is 1.44. The number of nitriles is 1. The molecular weight excluding hydrogens is 301 g/mol. The second kappa shape index (κ2) is 6.58. The van der Waals surface area contributed by atoms with Gasteiger partial charge in [0.05, 0.1) is 17.3 Å². The summed E-state index contributed by atoms with van der Waals surface area (Å²) in [4.78, 5) is 14.4. The number of halogens is 1. The van der Waals surface area contributed by atoms with E-state index in [0.717, 1.165) is 16.5 Å². The zero-order valence-corrected chi connectivity index (χ0v) is 13.3. The van der Waals surface area contributed by atoms with E-state index in [1.807, 2.05) is 32.9 Å². The van der Waals surface area contributed by atoms with Crippen LogP contribution >= 0.6 is 11.3 Å². The van der Waals surface area contributed by atoms with Gasteiger partial charge in [0, 0.05) is 9.75 Å². The lowest BCUT2D eigenvalue weighted by molar-refractivity contribution is 0.249. The summed E-state index contributed by atoms with van der Waals surface area (Å²) in [5, 5.41) is 14.4. The Morgan fingerprint density at radius 3 is 2.68 bits per heavy atom. The highest BCUT2D eigenvalue weighted by atomic mass is 32.1. The second-order valence-electron chi connectivity index (χ2n) is 4.99. The number of urea groups is 1. The molecule has 1 heterocycles. The summed E-state index contributed by atoms with van der Waals surface area (Å²) in [7, 11) is 0. The number of carbonyl (C=O) groups excluding carboxylic acids is 1. The molecule has 0 aliphatic rings. The topological polar surface area (TPSA) is 64.9 Å². The minimum atomic E-state index is -0.514. The van der Waals surface area contributed by atoms with Crippen LogP contribution in [0.5, 0.6) is 0 Å². The highest BCUT2D eigenvalue weighted by Crippen LogP contribution is 2.26. The van der Waals surface area contributed by atoms with Crippen LogP contribution in [0.15, 0.2) is 24.3 Å². The smallest absolute Gasteiger partial charge is 0.319 e. The summed E-state index contributed by atoms with van der Waals surface area (Å²) in [5.74, 6) is -0.514. The molecule has 0 aliphatic heterocycles. The molecule has 6 heteroatoms. The molecule has 4 nitrogen and oxygen atoms in total. The maximum absolute atomic E-state index is 13.1. The van der Waals surface area contributed by atoms with Crippen LogP contribution in [0.1, 0.15) is 33.8 Å². The SMILES string of the molecule is Cc1cc(C(C)NC(=O)Nc2ccc(F)cc2C#N)c(C)s1. The standard InChI is InChI=1S/C16H16FN3OS/c1-9-6-14(11(3)22-9)10(2)19-16(21)20-15-5-4-13(17)7-12(15)8-18/h4-7,10H,1-3H3,(H2,19,20,21). The Morgan fingerprint density at radius 2 is 2.09 bits per heavy atom. The molecule has 114 valence electrons. The molecule has 1 aromatic carbocycles. The molecule has 1 atom stereocenters. The van der Waals surface area contributed by atoms with Gasteiger partial charge in [0.15, 0.2) is 0 Å². The van der Waals surface area contributed by atoms with Crippen LogP contribution in [0, 0.1) is 31.0 Å². The van der Waals surface area contributed by atoms with Gasteiger partial charge in [-0.2, -0.15) is 5.26 Å². The van der Waals surface area contributed by atoms with E-state index in [1.54, 1.807) is 11.3 Å². The molecule has 0 radical (unpaired) electrons. The first-order valence-corrected chi connectivity index (χ1v) is 7.56. The summed E-state index contributed by atoms with van der Waals surface area (Å²) in [6, 6.07) is 6.98. The molecule has 2 rings (SSSR count). The number of benzene rings is 1. The van der Waals surface area contributed by atoms with Crippen LogP contribution in [-0.4, -0.2) is 6.03 Å². The molecule has 2 N–H and O–H groups in total. The van der Waals surface area contributed by atoms with E-state index < -0.39 is 11.8 Å². The summed E-state index contributed by atoms with van der Waals surface area (Å²) < 4.78 is 13.1. The highest BCUT2D eigenvalue weighted by molar-refractivity contribution is 7.12. The fraction of sp³-hybridized carbons (Fsp3) is 0.250. The highest BCUT2D eigenvalue weighted by Gasteiger charge is 2.15.